The lowest BCUT2D eigenvalue weighted by Crippen LogP contribution is -2.54. The number of hydrogen-bond acceptors (Lipinski definition) is 7. The Labute approximate surface area is 264 Å². The molecule has 242 valence electrons. The van der Waals surface area contributed by atoms with Crippen LogP contribution in [0.5, 0.6) is 5.75 Å². The Kier molecular flexibility index (Phi) is 12.4. The largest absolute Gasteiger partial charge is 0.493 e. The normalized spacial score (nSPS) is 15.2. The average Bonchev–Trinajstić information content (AvgIpc) is 2.95. The van der Waals surface area contributed by atoms with Gasteiger partial charge in [-0.3, -0.25) is 4.79 Å². The van der Waals surface area contributed by atoms with Crippen molar-refractivity contribution in [3.8, 4) is 16.9 Å². The van der Waals surface area contributed by atoms with Crippen LogP contribution in [0.2, 0.25) is 5.02 Å². The Morgan fingerprint density at radius 3 is 2.48 bits per heavy atom. The van der Waals surface area contributed by atoms with Crippen LogP contribution < -0.4 is 4.74 Å². The number of methoxy groups -OCH3 is 1. The fourth-order valence-corrected chi connectivity index (χ4v) is 5.39. The van der Waals surface area contributed by atoms with E-state index in [-0.39, 0.29) is 64.2 Å². The van der Waals surface area contributed by atoms with Gasteiger partial charge < -0.3 is 28.7 Å². The Morgan fingerprint density at radius 1 is 1.11 bits per heavy atom. The van der Waals surface area contributed by atoms with Gasteiger partial charge >= 0.3 is 12.1 Å². The van der Waals surface area contributed by atoms with E-state index >= 15 is 4.39 Å². The van der Waals surface area contributed by atoms with Gasteiger partial charge in [-0.2, -0.15) is 0 Å². The number of benzene rings is 2. The van der Waals surface area contributed by atoms with Crippen LogP contribution in [-0.4, -0.2) is 85.5 Å². The van der Waals surface area contributed by atoms with Gasteiger partial charge in [-0.05, 0) is 84.7 Å². The predicted molar refractivity (Wildman–Crippen MR) is 167 cm³/mol. The minimum atomic E-state index is -0.637. The number of rotatable bonds is 11. The maximum Gasteiger partial charge on any atom is 0.410 e. The lowest BCUT2D eigenvalue weighted by Gasteiger charge is -2.41. The van der Waals surface area contributed by atoms with Crippen LogP contribution in [0.1, 0.15) is 81.5 Å². The molecule has 0 aromatic heterocycles. The van der Waals surface area contributed by atoms with Gasteiger partial charge in [-0.1, -0.05) is 11.6 Å². The smallest absolute Gasteiger partial charge is 0.410 e. The van der Waals surface area contributed by atoms with Crippen LogP contribution >= 0.6 is 11.6 Å². The van der Waals surface area contributed by atoms with Crippen molar-refractivity contribution < 1.29 is 37.7 Å². The van der Waals surface area contributed by atoms with Crippen molar-refractivity contribution in [2.75, 3.05) is 40.0 Å². The van der Waals surface area contributed by atoms with Crippen molar-refractivity contribution in [1.82, 2.24) is 9.80 Å². The minimum absolute atomic E-state index is 0.0826. The molecule has 1 saturated heterocycles. The third-order valence-electron chi connectivity index (χ3n) is 7.05. The van der Waals surface area contributed by atoms with Gasteiger partial charge in [-0.15, -0.1) is 0 Å². The molecule has 44 heavy (non-hydrogen) atoms. The van der Waals surface area contributed by atoms with E-state index in [1.807, 2.05) is 34.6 Å². The fraction of sp³-hybridized carbons (Fsp3) is 0.545. The maximum atomic E-state index is 15.2. The van der Waals surface area contributed by atoms with Crippen molar-refractivity contribution >= 4 is 29.6 Å². The Balaban J connectivity index is 2.02. The molecule has 3 rings (SSSR count). The standard InChI is InChI=1S/C33H44ClFN2O7/c1-8-42-31(39)22-12-13-28(35)24(17-22)25-18-27(34)26(19-29(25)43-16-10-15-41-7)30(38)37(21(2)3)23-11-9-14-36(20-23)32(40)44-33(4,5)6/h12-13,17-19,21,23H,8-11,14-16,20H2,1-7H3/t23-/m1/s1. The third-order valence-corrected chi connectivity index (χ3v) is 7.36. The fourth-order valence-electron chi connectivity index (χ4n) is 5.14. The minimum Gasteiger partial charge on any atom is -0.493 e. The molecule has 9 nitrogen and oxygen atoms in total. The molecular weight excluding hydrogens is 591 g/mol. The molecule has 0 N–H and O–H groups in total. The molecule has 2 aromatic rings. The van der Waals surface area contributed by atoms with E-state index in [2.05, 4.69) is 0 Å². The van der Waals surface area contributed by atoms with Gasteiger partial charge in [0.1, 0.15) is 17.2 Å². The van der Waals surface area contributed by atoms with Crippen LogP contribution in [-0.2, 0) is 14.2 Å². The van der Waals surface area contributed by atoms with E-state index in [0.29, 0.717) is 39.0 Å². The van der Waals surface area contributed by atoms with Crippen molar-refractivity contribution in [3.63, 3.8) is 0 Å². The highest BCUT2D eigenvalue weighted by molar-refractivity contribution is 6.34. The van der Waals surface area contributed by atoms with Crippen LogP contribution in [0.25, 0.3) is 11.1 Å². The van der Waals surface area contributed by atoms with E-state index in [1.165, 1.54) is 30.3 Å². The zero-order valence-electron chi connectivity index (χ0n) is 26.7. The van der Waals surface area contributed by atoms with E-state index in [0.717, 1.165) is 0 Å². The first-order valence-electron chi connectivity index (χ1n) is 15.0. The van der Waals surface area contributed by atoms with Gasteiger partial charge in [0, 0.05) is 50.4 Å². The molecule has 1 fully saturated rings. The van der Waals surface area contributed by atoms with Gasteiger partial charge in [0.25, 0.3) is 5.91 Å². The molecule has 0 unspecified atom stereocenters. The Bertz CT molecular complexity index is 1330. The Hall–Kier alpha value is -3.37. The van der Waals surface area contributed by atoms with Crippen LogP contribution in [0.3, 0.4) is 0 Å². The number of carbonyl (C=O) groups is 3. The van der Waals surface area contributed by atoms with Crippen molar-refractivity contribution in [2.24, 2.45) is 0 Å². The first-order valence-corrected chi connectivity index (χ1v) is 15.4. The highest BCUT2D eigenvalue weighted by atomic mass is 35.5. The van der Waals surface area contributed by atoms with Crippen LogP contribution in [0, 0.1) is 5.82 Å². The van der Waals surface area contributed by atoms with Gasteiger partial charge in [-0.25, -0.2) is 14.0 Å². The molecule has 1 heterocycles. The molecule has 0 bridgehead atoms. The lowest BCUT2D eigenvalue weighted by molar-refractivity contribution is 0.00751. The molecule has 0 aliphatic carbocycles. The molecular formula is C33H44ClFN2O7. The molecule has 2 aromatic carbocycles. The average molecular weight is 635 g/mol. The number of carbonyl (C=O) groups excluding carboxylic acids is 3. The summed E-state index contributed by atoms with van der Waals surface area (Å²) >= 11 is 6.75. The summed E-state index contributed by atoms with van der Waals surface area (Å²) in [5, 5.41) is 0.0978. The number of likely N-dealkylation sites (tertiary alicyclic amines) is 1. The molecule has 1 aliphatic rings. The van der Waals surface area contributed by atoms with E-state index in [4.69, 9.17) is 30.5 Å². The second-order valence-electron chi connectivity index (χ2n) is 12.0. The van der Waals surface area contributed by atoms with Crippen LogP contribution in [0.4, 0.5) is 9.18 Å². The zero-order valence-corrected chi connectivity index (χ0v) is 27.5. The summed E-state index contributed by atoms with van der Waals surface area (Å²) < 4.78 is 37.1. The second kappa shape index (κ2) is 15.6. The topological polar surface area (TPSA) is 94.6 Å². The highest BCUT2D eigenvalue weighted by Crippen LogP contribution is 2.38. The SMILES string of the molecule is CCOC(=O)c1ccc(F)c(-c2cc(Cl)c(C(=O)N(C(C)C)[C@@H]3CCCN(C(=O)OC(C)(C)C)C3)cc2OCCCOC)c1. The number of amides is 2. The molecule has 11 heteroatoms. The zero-order chi connectivity index (χ0) is 32.6. The third kappa shape index (κ3) is 9.08. The molecule has 1 aliphatic heterocycles. The van der Waals surface area contributed by atoms with Crippen molar-refractivity contribution in [1.29, 1.82) is 0 Å². The van der Waals surface area contributed by atoms with Crippen LogP contribution in [0.15, 0.2) is 30.3 Å². The first kappa shape index (κ1) is 35.1. The maximum absolute atomic E-state index is 15.2. The lowest BCUT2D eigenvalue weighted by atomic mass is 9.97. The number of piperidine rings is 1. The summed E-state index contributed by atoms with van der Waals surface area (Å²) in [6.07, 6.45) is 1.54. The summed E-state index contributed by atoms with van der Waals surface area (Å²) in [4.78, 5) is 42.8. The molecule has 0 radical (unpaired) electrons. The first-order chi connectivity index (χ1) is 20.8. The Morgan fingerprint density at radius 2 is 1.84 bits per heavy atom. The highest BCUT2D eigenvalue weighted by Gasteiger charge is 2.35. The number of halogens is 2. The summed E-state index contributed by atoms with van der Waals surface area (Å²) in [6.45, 7) is 12.7. The molecule has 0 saturated carbocycles. The van der Waals surface area contributed by atoms with Crippen molar-refractivity contribution in [3.05, 3.63) is 52.3 Å². The molecule has 0 spiro atoms. The number of hydrogen-bond donors (Lipinski definition) is 0. The van der Waals surface area contributed by atoms with E-state index in [9.17, 15) is 14.4 Å². The summed E-state index contributed by atoms with van der Waals surface area (Å²) in [7, 11) is 1.58. The molecule has 2 amide bonds. The number of esters is 1. The summed E-state index contributed by atoms with van der Waals surface area (Å²) in [5.74, 6) is -1.29. The van der Waals surface area contributed by atoms with E-state index in [1.54, 1.807) is 23.8 Å². The molecule has 1 atom stereocenters. The second-order valence-corrected chi connectivity index (χ2v) is 12.4. The van der Waals surface area contributed by atoms with Gasteiger partial charge in [0.15, 0.2) is 0 Å². The van der Waals surface area contributed by atoms with E-state index < -0.39 is 23.5 Å². The summed E-state index contributed by atoms with van der Waals surface area (Å²) in [5.41, 5.74) is 0.0866. The predicted octanol–water partition coefficient (Wildman–Crippen LogP) is 6.99. The quantitative estimate of drug-likeness (QED) is 0.194. The van der Waals surface area contributed by atoms with Crippen molar-refractivity contribution in [2.45, 2.75) is 78.5 Å². The van der Waals surface area contributed by atoms with Gasteiger partial charge in [0.2, 0.25) is 0 Å². The summed E-state index contributed by atoms with van der Waals surface area (Å²) in [6, 6.07) is 6.43. The van der Waals surface area contributed by atoms with Gasteiger partial charge in [0.05, 0.1) is 35.4 Å². The number of nitrogens with zero attached hydrogens (tertiary/aromatic N) is 2. The monoisotopic (exact) mass is 634 g/mol. The number of ether oxygens (including phenoxy) is 4.